The lowest BCUT2D eigenvalue weighted by Crippen LogP contribution is -2.36. The van der Waals surface area contributed by atoms with Crippen molar-refractivity contribution < 1.29 is 9.59 Å². The lowest BCUT2D eigenvalue weighted by molar-refractivity contribution is -0.129. The topological polar surface area (TPSA) is 74.7 Å². The van der Waals surface area contributed by atoms with Crippen LogP contribution >= 0.6 is 0 Å². The van der Waals surface area contributed by atoms with Crippen molar-refractivity contribution in [3.05, 3.63) is 69.6 Å². The molecule has 0 saturated heterocycles. The molecule has 0 fully saturated rings. The summed E-state index contributed by atoms with van der Waals surface area (Å²) >= 11 is 0. The van der Waals surface area contributed by atoms with Crippen LogP contribution in [0.1, 0.15) is 21.5 Å². The first-order chi connectivity index (χ1) is 12.8. The molecule has 1 aromatic heterocycles. The monoisotopic (exact) mass is 370 g/mol. The van der Waals surface area contributed by atoms with E-state index in [-0.39, 0.29) is 18.0 Å². The summed E-state index contributed by atoms with van der Waals surface area (Å²) in [5, 5.41) is 2.81. The van der Waals surface area contributed by atoms with Crippen molar-refractivity contribution in [1.82, 2.24) is 19.7 Å². The van der Waals surface area contributed by atoms with E-state index in [1.54, 1.807) is 20.2 Å². The van der Waals surface area contributed by atoms with Crippen molar-refractivity contribution in [2.24, 2.45) is 0 Å². The van der Waals surface area contributed by atoms with Gasteiger partial charge in [0.2, 0.25) is 5.91 Å². The summed E-state index contributed by atoms with van der Waals surface area (Å²) < 4.78 is 1.25. The molecule has 0 aliphatic rings. The quantitative estimate of drug-likeness (QED) is 0.787. The highest BCUT2D eigenvalue weighted by Gasteiger charge is 2.14. The number of aromatic nitrogens is 1. The van der Waals surface area contributed by atoms with Gasteiger partial charge >= 0.3 is 0 Å². The maximum absolute atomic E-state index is 12.5. The molecule has 0 atom stereocenters. The Morgan fingerprint density at radius 3 is 2.30 bits per heavy atom. The fraction of sp³-hybridized carbons (Fsp3) is 0.350. The smallest absolute Gasteiger partial charge is 0.263 e. The molecule has 2 aromatic rings. The van der Waals surface area contributed by atoms with E-state index >= 15 is 0 Å². The van der Waals surface area contributed by atoms with Gasteiger partial charge in [-0.2, -0.15) is 0 Å². The number of rotatable bonds is 7. The number of pyridine rings is 1. The molecule has 2 amide bonds. The molecule has 0 bridgehead atoms. The Labute approximate surface area is 159 Å². The second-order valence-electron chi connectivity index (χ2n) is 6.83. The third-order valence-electron chi connectivity index (χ3n) is 4.11. The lowest BCUT2D eigenvalue weighted by Gasteiger charge is -2.15. The Kier molecular flexibility index (Phi) is 6.90. The molecule has 0 unspecified atom stereocenters. The molecule has 0 spiro atoms. The van der Waals surface area contributed by atoms with Crippen LogP contribution in [0.5, 0.6) is 0 Å². The number of likely N-dealkylation sites (N-methyl/N-ethyl adjacent to an activating group) is 1. The van der Waals surface area contributed by atoms with Crippen LogP contribution in [0.2, 0.25) is 0 Å². The number of carbonyl (C=O) groups excluding carboxylic acids is 2. The molecule has 0 saturated carbocycles. The van der Waals surface area contributed by atoms with Crippen molar-refractivity contribution in [2.45, 2.75) is 19.6 Å². The third kappa shape index (κ3) is 5.52. The van der Waals surface area contributed by atoms with Gasteiger partial charge in [-0.25, -0.2) is 0 Å². The number of hydrogen-bond acceptors (Lipinski definition) is 4. The van der Waals surface area contributed by atoms with Crippen LogP contribution in [0.3, 0.4) is 0 Å². The van der Waals surface area contributed by atoms with Crippen LogP contribution in [-0.4, -0.2) is 54.4 Å². The summed E-state index contributed by atoms with van der Waals surface area (Å²) in [6.45, 7) is 0.989. The molecule has 1 aromatic carbocycles. The van der Waals surface area contributed by atoms with E-state index < -0.39 is 11.5 Å². The van der Waals surface area contributed by atoms with Crippen molar-refractivity contribution in [3.63, 3.8) is 0 Å². The predicted molar refractivity (Wildman–Crippen MR) is 104 cm³/mol. The molecular formula is C20H26N4O3. The number of hydrogen-bond donors (Lipinski definition) is 1. The van der Waals surface area contributed by atoms with Gasteiger partial charge in [0.1, 0.15) is 12.1 Å². The van der Waals surface area contributed by atoms with E-state index in [1.165, 1.54) is 21.7 Å². The van der Waals surface area contributed by atoms with Crippen LogP contribution in [0.4, 0.5) is 0 Å². The molecule has 7 nitrogen and oxygen atoms in total. The van der Waals surface area contributed by atoms with E-state index in [1.807, 2.05) is 38.4 Å². The summed E-state index contributed by atoms with van der Waals surface area (Å²) in [6, 6.07) is 10.9. The second kappa shape index (κ2) is 9.14. The average Bonchev–Trinajstić information content (AvgIpc) is 2.61. The fourth-order valence-corrected chi connectivity index (χ4v) is 2.62. The van der Waals surface area contributed by atoms with Crippen molar-refractivity contribution in [2.75, 3.05) is 28.2 Å². The second-order valence-corrected chi connectivity index (χ2v) is 6.83. The molecule has 0 aliphatic carbocycles. The fourth-order valence-electron chi connectivity index (χ4n) is 2.62. The van der Waals surface area contributed by atoms with Crippen LogP contribution < -0.4 is 10.9 Å². The van der Waals surface area contributed by atoms with E-state index in [2.05, 4.69) is 10.2 Å². The zero-order valence-corrected chi connectivity index (χ0v) is 16.2. The first-order valence-corrected chi connectivity index (χ1v) is 8.69. The van der Waals surface area contributed by atoms with Crippen molar-refractivity contribution in [3.8, 4) is 0 Å². The van der Waals surface area contributed by atoms with Crippen LogP contribution in [0.25, 0.3) is 0 Å². The molecule has 0 aliphatic heterocycles. The largest absolute Gasteiger partial charge is 0.348 e. The Balaban J connectivity index is 2.13. The van der Waals surface area contributed by atoms with Gasteiger partial charge in [-0.05, 0) is 37.4 Å². The minimum atomic E-state index is -0.480. The molecule has 144 valence electrons. The molecule has 1 N–H and O–H groups in total. The van der Waals surface area contributed by atoms with Crippen LogP contribution in [0.15, 0.2) is 47.4 Å². The number of benzene rings is 1. The maximum Gasteiger partial charge on any atom is 0.263 e. The molecular weight excluding hydrogens is 344 g/mol. The van der Waals surface area contributed by atoms with Crippen molar-refractivity contribution in [1.29, 1.82) is 0 Å². The van der Waals surface area contributed by atoms with E-state index in [0.717, 1.165) is 17.7 Å². The lowest BCUT2D eigenvalue weighted by atomic mass is 10.1. The minimum absolute atomic E-state index is 0.0224. The molecule has 27 heavy (non-hydrogen) atoms. The van der Waals surface area contributed by atoms with E-state index in [4.69, 9.17) is 0 Å². The van der Waals surface area contributed by atoms with Crippen LogP contribution in [-0.2, 0) is 24.4 Å². The summed E-state index contributed by atoms with van der Waals surface area (Å²) in [7, 11) is 7.21. The highest BCUT2D eigenvalue weighted by Crippen LogP contribution is 2.10. The number of carbonyl (C=O) groups is 2. The Hall–Kier alpha value is -2.93. The summed E-state index contributed by atoms with van der Waals surface area (Å²) in [5.74, 6) is -0.668. The third-order valence-corrected chi connectivity index (χ3v) is 4.11. The Morgan fingerprint density at radius 2 is 1.67 bits per heavy atom. The zero-order valence-electron chi connectivity index (χ0n) is 16.2. The first-order valence-electron chi connectivity index (χ1n) is 8.69. The van der Waals surface area contributed by atoms with Gasteiger partial charge in [-0.15, -0.1) is 0 Å². The van der Waals surface area contributed by atoms with Crippen molar-refractivity contribution >= 4 is 11.8 Å². The first kappa shape index (κ1) is 20.4. The van der Waals surface area contributed by atoms with Gasteiger partial charge in [-0.1, -0.05) is 24.3 Å². The molecule has 1 heterocycles. The van der Waals surface area contributed by atoms with Gasteiger partial charge in [0, 0.05) is 33.4 Å². The standard InChI is InChI=1S/C20H26N4O3/c1-22(2)13-16-9-6-5-8-15(16)12-21-19(26)17-10-7-11-24(20(17)27)14-18(25)23(3)4/h5-11H,12-14H2,1-4H3,(H,21,26). The average molecular weight is 370 g/mol. The summed E-state index contributed by atoms with van der Waals surface area (Å²) in [5.41, 5.74) is 1.66. The van der Waals surface area contributed by atoms with Gasteiger partial charge in [0.25, 0.3) is 11.5 Å². The molecule has 7 heteroatoms. The predicted octanol–water partition coefficient (Wildman–Crippen LogP) is 0.928. The van der Waals surface area contributed by atoms with Crippen LogP contribution in [0, 0.1) is 0 Å². The summed E-state index contributed by atoms with van der Waals surface area (Å²) in [6.07, 6.45) is 1.51. The SMILES string of the molecule is CN(C)Cc1ccccc1CNC(=O)c1cccn(CC(=O)N(C)C)c1=O. The Bertz CT molecular complexity index is 872. The van der Waals surface area contributed by atoms with E-state index in [9.17, 15) is 14.4 Å². The van der Waals surface area contributed by atoms with Gasteiger partial charge < -0.3 is 19.7 Å². The van der Waals surface area contributed by atoms with E-state index in [0.29, 0.717) is 6.54 Å². The number of nitrogens with one attached hydrogen (secondary N) is 1. The number of nitrogens with zero attached hydrogens (tertiary/aromatic N) is 3. The maximum atomic E-state index is 12.5. The highest BCUT2D eigenvalue weighted by molar-refractivity contribution is 5.93. The normalized spacial score (nSPS) is 10.7. The van der Waals surface area contributed by atoms with Gasteiger partial charge in [0.05, 0.1) is 0 Å². The minimum Gasteiger partial charge on any atom is -0.348 e. The Morgan fingerprint density at radius 1 is 1.00 bits per heavy atom. The van der Waals surface area contributed by atoms with Gasteiger partial charge in [0.15, 0.2) is 0 Å². The summed E-state index contributed by atoms with van der Waals surface area (Å²) in [4.78, 5) is 40.3. The zero-order chi connectivity index (χ0) is 20.0. The van der Waals surface area contributed by atoms with Gasteiger partial charge in [-0.3, -0.25) is 14.4 Å². The molecule has 0 radical (unpaired) electrons. The molecule has 2 rings (SSSR count). The number of amides is 2. The highest BCUT2D eigenvalue weighted by atomic mass is 16.2.